The predicted molar refractivity (Wildman–Crippen MR) is 95.4 cm³/mol. The van der Waals surface area contributed by atoms with Gasteiger partial charge in [0, 0.05) is 11.8 Å². The first-order chi connectivity index (χ1) is 11.0. The molecular formula is C16H21N5OS. The van der Waals surface area contributed by atoms with Crippen LogP contribution in [0.5, 0.6) is 0 Å². The molecule has 5 N–H and O–H groups in total. The van der Waals surface area contributed by atoms with Crippen LogP contribution in [-0.2, 0) is 4.79 Å². The third kappa shape index (κ3) is 4.85. The minimum Gasteiger partial charge on any atom is -0.383 e. The van der Waals surface area contributed by atoms with Crippen molar-refractivity contribution >= 4 is 35.0 Å². The molecule has 23 heavy (non-hydrogen) atoms. The number of nitrogens with one attached hydrogen (secondary N) is 1. The Morgan fingerprint density at radius 3 is 2.57 bits per heavy atom. The van der Waals surface area contributed by atoms with Crippen molar-refractivity contribution in [2.24, 2.45) is 0 Å². The van der Waals surface area contributed by atoms with Crippen LogP contribution in [0.4, 0.5) is 17.3 Å². The first-order valence-electron chi connectivity index (χ1n) is 7.41. The van der Waals surface area contributed by atoms with E-state index in [0.717, 1.165) is 17.7 Å². The molecule has 7 heteroatoms. The first kappa shape index (κ1) is 17.1. The zero-order valence-corrected chi connectivity index (χ0v) is 14.1. The largest absolute Gasteiger partial charge is 0.383 e. The summed E-state index contributed by atoms with van der Waals surface area (Å²) in [4.78, 5) is 20.3. The molecule has 0 spiro atoms. The van der Waals surface area contributed by atoms with Crippen molar-refractivity contribution in [3.63, 3.8) is 0 Å². The smallest absolute Gasteiger partial charge is 0.234 e. The number of rotatable bonds is 6. The number of hydrogen-bond acceptors (Lipinski definition) is 6. The normalized spacial score (nSPS) is 11.9. The Labute approximate surface area is 140 Å². The second-order valence-corrected chi connectivity index (χ2v) is 6.18. The maximum absolute atomic E-state index is 12.2. The quantitative estimate of drug-likeness (QED) is 0.555. The third-order valence-corrected chi connectivity index (χ3v) is 4.30. The van der Waals surface area contributed by atoms with E-state index in [9.17, 15) is 4.79 Å². The minimum absolute atomic E-state index is 0.115. The van der Waals surface area contributed by atoms with Gasteiger partial charge in [0.05, 0.1) is 5.75 Å². The van der Waals surface area contributed by atoms with Crippen molar-refractivity contribution in [1.29, 1.82) is 0 Å². The molecule has 0 fully saturated rings. The van der Waals surface area contributed by atoms with Gasteiger partial charge < -0.3 is 16.8 Å². The van der Waals surface area contributed by atoms with Crippen LogP contribution < -0.4 is 16.8 Å². The summed E-state index contributed by atoms with van der Waals surface area (Å²) >= 11 is 1.20. The fourth-order valence-electron chi connectivity index (χ4n) is 2.10. The average Bonchev–Trinajstić information content (AvgIpc) is 2.52. The molecule has 2 aromatic rings. The summed E-state index contributed by atoms with van der Waals surface area (Å²) in [6, 6.07) is 9.33. The number of para-hydroxylation sites is 1. The molecular weight excluding hydrogens is 310 g/mol. The Balaban J connectivity index is 2.00. The van der Waals surface area contributed by atoms with E-state index < -0.39 is 0 Å². The lowest BCUT2D eigenvalue weighted by Crippen LogP contribution is -2.16. The van der Waals surface area contributed by atoms with Gasteiger partial charge >= 0.3 is 0 Å². The van der Waals surface area contributed by atoms with Gasteiger partial charge in [-0.1, -0.05) is 43.8 Å². The molecule has 2 rings (SSSR count). The van der Waals surface area contributed by atoms with Crippen molar-refractivity contribution in [3.8, 4) is 0 Å². The Hall–Kier alpha value is -2.28. The van der Waals surface area contributed by atoms with E-state index in [1.54, 1.807) is 0 Å². The molecule has 0 saturated heterocycles. The predicted octanol–water partition coefficient (Wildman–Crippen LogP) is 2.89. The van der Waals surface area contributed by atoms with E-state index in [-0.39, 0.29) is 11.7 Å². The number of hydrogen-bond donors (Lipinski definition) is 3. The first-order valence-corrected chi connectivity index (χ1v) is 8.39. The van der Waals surface area contributed by atoms with E-state index >= 15 is 0 Å². The fraction of sp³-hybridized carbons (Fsp3) is 0.312. The lowest BCUT2D eigenvalue weighted by Gasteiger charge is -2.15. The number of nitrogens with two attached hydrogens (primary N) is 2. The molecule has 1 atom stereocenters. The highest BCUT2D eigenvalue weighted by atomic mass is 32.2. The summed E-state index contributed by atoms with van der Waals surface area (Å²) in [5.41, 5.74) is 13.2. The minimum atomic E-state index is -0.115. The molecule has 0 unspecified atom stereocenters. The van der Waals surface area contributed by atoms with Crippen LogP contribution in [0.25, 0.3) is 0 Å². The molecule has 1 heterocycles. The fourth-order valence-corrected chi connectivity index (χ4v) is 2.78. The Kier molecular flexibility index (Phi) is 5.81. The zero-order valence-electron chi connectivity index (χ0n) is 13.2. The van der Waals surface area contributed by atoms with Crippen LogP contribution in [0, 0.1) is 0 Å². The molecule has 1 amide bonds. The molecule has 0 aliphatic carbocycles. The van der Waals surface area contributed by atoms with Crippen molar-refractivity contribution in [3.05, 3.63) is 35.9 Å². The van der Waals surface area contributed by atoms with Crippen molar-refractivity contribution in [2.45, 2.75) is 31.3 Å². The monoisotopic (exact) mass is 331 g/mol. The summed E-state index contributed by atoms with van der Waals surface area (Å²) in [5.74, 6) is 1.05. The van der Waals surface area contributed by atoms with E-state index in [2.05, 4.69) is 29.1 Å². The molecule has 0 aliphatic heterocycles. The van der Waals surface area contributed by atoms with E-state index in [1.165, 1.54) is 17.8 Å². The molecule has 0 aliphatic rings. The zero-order chi connectivity index (χ0) is 16.8. The van der Waals surface area contributed by atoms with Crippen LogP contribution in [0.15, 0.2) is 35.5 Å². The number of thioether (sulfide) groups is 1. The van der Waals surface area contributed by atoms with Crippen LogP contribution in [0.2, 0.25) is 0 Å². The second kappa shape index (κ2) is 7.82. The van der Waals surface area contributed by atoms with E-state index in [0.29, 0.717) is 22.7 Å². The number of carbonyl (C=O) groups is 1. The molecule has 1 aromatic carbocycles. The number of carbonyl (C=O) groups excluding carboxylic acids is 1. The highest BCUT2D eigenvalue weighted by molar-refractivity contribution is 7.99. The number of amides is 1. The lowest BCUT2D eigenvalue weighted by molar-refractivity contribution is -0.113. The van der Waals surface area contributed by atoms with Gasteiger partial charge in [-0.05, 0) is 24.0 Å². The van der Waals surface area contributed by atoms with Gasteiger partial charge in [0.15, 0.2) is 5.16 Å². The molecule has 122 valence electrons. The molecule has 1 aromatic heterocycles. The van der Waals surface area contributed by atoms with E-state index in [4.69, 9.17) is 11.5 Å². The van der Waals surface area contributed by atoms with Gasteiger partial charge in [0.25, 0.3) is 0 Å². The maximum Gasteiger partial charge on any atom is 0.234 e. The molecule has 0 bridgehead atoms. The summed E-state index contributed by atoms with van der Waals surface area (Å²) in [6.07, 6.45) is 1.01. The summed E-state index contributed by atoms with van der Waals surface area (Å²) in [5, 5.41) is 3.34. The van der Waals surface area contributed by atoms with E-state index in [1.807, 2.05) is 24.3 Å². The maximum atomic E-state index is 12.2. The van der Waals surface area contributed by atoms with Crippen LogP contribution in [0.3, 0.4) is 0 Å². The summed E-state index contributed by atoms with van der Waals surface area (Å²) in [6.45, 7) is 4.27. The average molecular weight is 331 g/mol. The SMILES string of the molecule is CC[C@H](C)c1ccccc1NC(=O)CSc1nc(N)cc(N)n1. The lowest BCUT2D eigenvalue weighted by atomic mass is 9.97. The Bertz CT molecular complexity index is 672. The number of nitrogen functional groups attached to an aromatic ring is 2. The van der Waals surface area contributed by atoms with Gasteiger partial charge in [-0.25, -0.2) is 9.97 Å². The molecule has 0 saturated carbocycles. The van der Waals surface area contributed by atoms with Crippen LogP contribution >= 0.6 is 11.8 Å². The highest BCUT2D eigenvalue weighted by Gasteiger charge is 2.12. The highest BCUT2D eigenvalue weighted by Crippen LogP contribution is 2.26. The number of nitrogens with zero attached hydrogens (tertiary/aromatic N) is 2. The molecule has 6 nitrogen and oxygen atoms in total. The summed E-state index contributed by atoms with van der Waals surface area (Å²) < 4.78 is 0. The van der Waals surface area contributed by atoms with Gasteiger partial charge in [0.1, 0.15) is 11.6 Å². The van der Waals surface area contributed by atoms with Crippen molar-refractivity contribution < 1.29 is 4.79 Å². The second-order valence-electron chi connectivity index (χ2n) is 5.23. The van der Waals surface area contributed by atoms with Gasteiger partial charge in [-0.15, -0.1) is 0 Å². The number of anilines is 3. The van der Waals surface area contributed by atoms with Gasteiger partial charge in [-0.2, -0.15) is 0 Å². The standard InChI is InChI=1S/C16H21N5OS/c1-3-10(2)11-6-4-5-7-12(11)19-15(22)9-23-16-20-13(17)8-14(18)21-16/h4-8,10H,3,9H2,1-2H3,(H,19,22)(H4,17,18,20,21)/t10-/m0/s1. The Morgan fingerprint density at radius 1 is 1.26 bits per heavy atom. The third-order valence-electron chi connectivity index (χ3n) is 3.46. The van der Waals surface area contributed by atoms with Gasteiger partial charge in [0.2, 0.25) is 5.91 Å². The van der Waals surface area contributed by atoms with Gasteiger partial charge in [-0.3, -0.25) is 4.79 Å². The van der Waals surface area contributed by atoms with Crippen molar-refractivity contribution in [2.75, 3.05) is 22.5 Å². The van der Waals surface area contributed by atoms with Crippen molar-refractivity contribution in [1.82, 2.24) is 9.97 Å². The number of aromatic nitrogens is 2. The summed E-state index contributed by atoms with van der Waals surface area (Å²) in [7, 11) is 0. The topological polar surface area (TPSA) is 107 Å². The number of benzene rings is 1. The van der Waals surface area contributed by atoms with Crippen LogP contribution in [0.1, 0.15) is 31.7 Å². The van der Waals surface area contributed by atoms with Crippen LogP contribution in [-0.4, -0.2) is 21.6 Å². The Morgan fingerprint density at radius 2 is 1.91 bits per heavy atom. The molecule has 0 radical (unpaired) electrons.